The minimum absolute atomic E-state index is 0.0437. The van der Waals surface area contributed by atoms with Gasteiger partial charge in [-0.2, -0.15) is 0 Å². The minimum Gasteiger partial charge on any atom is -0.325 e. The normalized spacial score (nSPS) is 16.0. The molecule has 0 atom stereocenters. The summed E-state index contributed by atoms with van der Waals surface area (Å²) >= 11 is 0. The van der Waals surface area contributed by atoms with Gasteiger partial charge in [0, 0.05) is 37.3 Å². The molecule has 2 aliphatic rings. The number of aromatic nitrogens is 3. The number of anilines is 1. The zero-order valence-electron chi connectivity index (χ0n) is 21.0. The number of nitrogens with zero attached hydrogens (tertiary/aromatic N) is 5. The molecule has 1 aromatic heterocycles. The molecule has 0 unspecified atom stereocenters. The number of carbonyl (C=O) groups excluding carboxylic acids is 1. The minimum atomic E-state index is 0.0437. The summed E-state index contributed by atoms with van der Waals surface area (Å²) in [4.78, 5) is 17.7. The van der Waals surface area contributed by atoms with Crippen LogP contribution in [-0.2, 0) is 24.2 Å². The van der Waals surface area contributed by atoms with Crippen molar-refractivity contribution in [1.82, 2.24) is 24.6 Å². The van der Waals surface area contributed by atoms with Crippen LogP contribution in [0.25, 0.3) is 17.1 Å². The summed E-state index contributed by atoms with van der Waals surface area (Å²) in [6, 6.07) is 27.0. The number of fused-ring (bicyclic) bond motifs is 3. The summed E-state index contributed by atoms with van der Waals surface area (Å²) in [7, 11) is 0. The van der Waals surface area contributed by atoms with Gasteiger partial charge in [-0.05, 0) is 55.3 Å². The quantitative estimate of drug-likeness (QED) is 0.438. The summed E-state index contributed by atoms with van der Waals surface area (Å²) in [6.45, 7) is 5.28. The van der Waals surface area contributed by atoms with Crippen molar-refractivity contribution in [1.29, 1.82) is 0 Å². The standard InChI is InChI=1S/C30H32N6O/c37-29(22-35-17-7-16-34(18-19-35)21-23-8-3-1-4-9-23)31-26-13-14-27-25(20-26)12-15-28-32-33-30(36(27)28)24-10-5-2-6-11-24/h1-6,8-11,13-14,20H,7,12,15-19,21-22H2,(H,31,37). The van der Waals surface area contributed by atoms with Crippen LogP contribution in [0.1, 0.15) is 23.4 Å². The van der Waals surface area contributed by atoms with Crippen molar-refractivity contribution in [3.05, 3.63) is 95.8 Å². The number of nitrogens with one attached hydrogen (secondary N) is 1. The number of amides is 1. The molecule has 4 aromatic rings. The molecule has 1 N–H and O–H groups in total. The third-order valence-electron chi connectivity index (χ3n) is 7.28. The van der Waals surface area contributed by atoms with Gasteiger partial charge in [-0.3, -0.25) is 19.2 Å². The Hall–Kier alpha value is -3.81. The second kappa shape index (κ2) is 10.7. The zero-order valence-corrected chi connectivity index (χ0v) is 21.0. The average molecular weight is 493 g/mol. The van der Waals surface area contributed by atoms with E-state index < -0.39 is 0 Å². The SMILES string of the molecule is O=C(CN1CCCN(Cc2ccccc2)CC1)Nc1ccc2c(c1)CCc1nnc(-c3ccccc3)n1-2. The van der Waals surface area contributed by atoms with E-state index in [1.54, 1.807) is 0 Å². The van der Waals surface area contributed by atoms with Gasteiger partial charge >= 0.3 is 0 Å². The predicted octanol–water partition coefficient (Wildman–Crippen LogP) is 4.18. The molecular weight excluding hydrogens is 460 g/mol. The lowest BCUT2D eigenvalue weighted by atomic mass is 10.0. The Balaban J connectivity index is 1.09. The van der Waals surface area contributed by atoms with Crippen LogP contribution < -0.4 is 5.32 Å². The number of aryl methyl sites for hydroxylation is 2. The van der Waals surface area contributed by atoms with Gasteiger partial charge in [0.15, 0.2) is 5.82 Å². The van der Waals surface area contributed by atoms with Gasteiger partial charge < -0.3 is 5.32 Å². The molecule has 0 spiro atoms. The van der Waals surface area contributed by atoms with Crippen LogP contribution in [-0.4, -0.2) is 63.2 Å². The fourth-order valence-electron chi connectivity index (χ4n) is 5.42. The highest BCUT2D eigenvalue weighted by atomic mass is 16.2. The monoisotopic (exact) mass is 492 g/mol. The van der Waals surface area contributed by atoms with Gasteiger partial charge in [0.2, 0.25) is 5.91 Å². The third-order valence-corrected chi connectivity index (χ3v) is 7.28. The number of benzene rings is 3. The highest BCUT2D eigenvalue weighted by Crippen LogP contribution is 2.31. The first-order valence-electron chi connectivity index (χ1n) is 13.1. The number of carbonyl (C=O) groups is 1. The van der Waals surface area contributed by atoms with Crippen molar-refractivity contribution in [2.24, 2.45) is 0 Å². The lowest BCUT2D eigenvalue weighted by molar-refractivity contribution is -0.117. The van der Waals surface area contributed by atoms with E-state index in [1.807, 2.05) is 24.3 Å². The van der Waals surface area contributed by atoms with E-state index in [0.29, 0.717) is 6.54 Å². The largest absolute Gasteiger partial charge is 0.325 e. The Morgan fingerprint density at radius 3 is 2.41 bits per heavy atom. The van der Waals surface area contributed by atoms with Gasteiger partial charge in [-0.15, -0.1) is 10.2 Å². The maximum absolute atomic E-state index is 12.9. The Kier molecular flexibility index (Phi) is 6.80. The molecule has 6 rings (SSSR count). The molecule has 7 nitrogen and oxygen atoms in total. The third kappa shape index (κ3) is 5.33. The molecule has 1 saturated heterocycles. The Labute approximate surface area is 217 Å². The second-order valence-electron chi connectivity index (χ2n) is 9.92. The van der Waals surface area contributed by atoms with E-state index in [-0.39, 0.29) is 5.91 Å². The molecule has 0 radical (unpaired) electrons. The Morgan fingerprint density at radius 1 is 0.811 bits per heavy atom. The maximum Gasteiger partial charge on any atom is 0.238 e. The second-order valence-corrected chi connectivity index (χ2v) is 9.92. The van der Waals surface area contributed by atoms with E-state index in [9.17, 15) is 4.79 Å². The van der Waals surface area contributed by atoms with Crippen molar-refractivity contribution >= 4 is 11.6 Å². The first-order chi connectivity index (χ1) is 18.2. The molecule has 0 saturated carbocycles. The highest BCUT2D eigenvalue weighted by molar-refractivity contribution is 5.92. The van der Waals surface area contributed by atoms with Crippen molar-refractivity contribution in [3.8, 4) is 17.1 Å². The van der Waals surface area contributed by atoms with Crippen LogP contribution in [0.2, 0.25) is 0 Å². The number of hydrogen-bond acceptors (Lipinski definition) is 5. The summed E-state index contributed by atoms with van der Waals surface area (Å²) < 4.78 is 2.15. The molecule has 0 bridgehead atoms. The van der Waals surface area contributed by atoms with E-state index in [4.69, 9.17) is 0 Å². The van der Waals surface area contributed by atoms with Gasteiger partial charge in [0.25, 0.3) is 0 Å². The lowest BCUT2D eigenvalue weighted by Gasteiger charge is -2.22. The molecule has 3 aromatic carbocycles. The fraction of sp³-hybridized carbons (Fsp3) is 0.300. The molecule has 0 aliphatic carbocycles. The van der Waals surface area contributed by atoms with Crippen LogP contribution in [0.4, 0.5) is 5.69 Å². The van der Waals surface area contributed by atoms with E-state index in [1.165, 1.54) is 11.1 Å². The molecule has 188 valence electrons. The molecule has 2 aliphatic heterocycles. The number of rotatable bonds is 6. The van der Waals surface area contributed by atoms with E-state index in [0.717, 1.165) is 80.6 Å². The highest BCUT2D eigenvalue weighted by Gasteiger charge is 2.23. The summed E-state index contributed by atoms with van der Waals surface area (Å²) in [5, 5.41) is 12.1. The fourth-order valence-corrected chi connectivity index (χ4v) is 5.42. The average Bonchev–Trinajstić information content (AvgIpc) is 3.25. The summed E-state index contributed by atoms with van der Waals surface area (Å²) in [5.74, 6) is 1.88. The maximum atomic E-state index is 12.9. The molecular formula is C30H32N6O. The summed E-state index contributed by atoms with van der Waals surface area (Å²) in [5.41, 5.74) is 5.53. The van der Waals surface area contributed by atoms with Crippen molar-refractivity contribution < 1.29 is 4.79 Å². The molecule has 1 fully saturated rings. The van der Waals surface area contributed by atoms with Crippen LogP contribution in [0.3, 0.4) is 0 Å². The topological polar surface area (TPSA) is 66.3 Å². The van der Waals surface area contributed by atoms with Crippen LogP contribution in [0.15, 0.2) is 78.9 Å². The number of hydrogen-bond donors (Lipinski definition) is 1. The van der Waals surface area contributed by atoms with Crippen molar-refractivity contribution in [2.45, 2.75) is 25.8 Å². The van der Waals surface area contributed by atoms with Crippen molar-refractivity contribution in [2.75, 3.05) is 38.0 Å². The zero-order chi connectivity index (χ0) is 25.0. The van der Waals surface area contributed by atoms with Gasteiger partial charge in [-0.25, -0.2) is 0 Å². The van der Waals surface area contributed by atoms with Crippen LogP contribution in [0, 0.1) is 0 Å². The Morgan fingerprint density at radius 2 is 1.57 bits per heavy atom. The molecule has 37 heavy (non-hydrogen) atoms. The van der Waals surface area contributed by atoms with Crippen LogP contribution >= 0.6 is 0 Å². The van der Waals surface area contributed by atoms with Crippen molar-refractivity contribution in [3.63, 3.8) is 0 Å². The smallest absolute Gasteiger partial charge is 0.238 e. The van der Waals surface area contributed by atoms with E-state index >= 15 is 0 Å². The lowest BCUT2D eigenvalue weighted by Crippen LogP contribution is -2.36. The molecule has 3 heterocycles. The predicted molar refractivity (Wildman–Crippen MR) is 146 cm³/mol. The van der Waals surface area contributed by atoms with Gasteiger partial charge in [0.05, 0.1) is 12.2 Å². The summed E-state index contributed by atoms with van der Waals surface area (Å²) in [6.07, 6.45) is 2.79. The molecule has 1 amide bonds. The first-order valence-corrected chi connectivity index (χ1v) is 13.1. The first kappa shape index (κ1) is 23.6. The van der Waals surface area contributed by atoms with Gasteiger partial charge in [-0.1, -0.05) is 60.7 Å². The van der Waals surface area contributed by atoms with E-state index in [2.05, 4.69) is 84.5 Å². The molecule has 7 heteroatoms. The Bertz CT molecular complexity index is 1370. The van der Waals surface area contributed by atoms with Crippen LogP contribution in [0.5, 0.6) is 0 Å². The van der Waals surface area contributed by atoms with Gasteiger partial charge in [0.1, 0.15) is 5.82 Å².